The van der Waals surface area contributed by atoms with E-state index in [4.69, 9.17) is 23.2 Å². The lowest BCUT2D eigenvalue weighted by Gasteiger charge is -2.10. The lowest BCUT2D eigenvalue weighted by Crippen LogP contribution is -2.07. The maximum atomic E-state index is 12.3. The molecule has 0 bridgehead atoms. The van der Waals surface area contributed by atoms with Crippen LogP contribution in [0.2, 0.25) is 10.0 Å². The van der Waals surface area contributed by atoms with Crippen LogP contribution in [-0.2, 0) is 6.18 Å². The van der Waals surface area contributed by atoms with E-state index in [2.05, 4.69) is 0 Å². The van der Waals surface area contributed by atoms with Gasteiger partial charge in [0.1, 0.15) is 0 Å². The van der Waals surface area contributed by atoms with Crippen molar-refractivity contribution < 1.29 is 18.0 Å². The van der Waals surface area contributed by atoms with Crippen molar-refractivity contribution in [1.82, 2.24) is 0 Å². The van der Waals surface area contributed by atoms with Crippen molar-refractivity contribution in [2.75, 3.05) is 0 Å². The number of rotatable bonds is 1. The first kappa shape index (κ1) is 12.3. The second-order valence-electron chi connectivity index (χ2n) is 2.87. The molecule has 1 aromatic rings. The molecule has 0 saturated carbocycles. The minimum absolute atomic E-state index is 0.155. The van der Waals surface area contributed by atoms with Crippen LogP contribution in [0.15, 0.2) is 12.1 Å². The molecule has 6 heteroatoms. The average molecular weight is 257 g/mol. The average Bonchev–Trinajstić information content (AvgIpc) is 2.06. The van der Waals surface area contributed by atoms with Gasteiger partial charge < -0.3 is 0 Å². The third-order valence-corrected chi connectivity index (χ3v) is 2.54. The minimum atomic E-state index is -4.54. The van der Waals surface area contributed by atoms with Gasteiger partial charge in [0.25, 0.3) is 0 Å². The molecule has 0 N–H and O–H groups in total. The first-order valence-electron chi connectivity index (χ1n) is 3.80. The summed E-state index contributed by atoms with van der Waals surface area (Å²) in [5.41, 5.74) is -1.21. The lowest BCUT2D eigenvalue weighted by molar-refractivity contribution is -0.137. The number of Topliss-reactive ketones (excluding diaryl/α,β-unsaturated/α-hetero) is 1. The Morgan fingerprint density at radius 2 is 1.80 bits per heavy atom. The molecular formula is C9H5Cl2F3O. The Kier molecular flexibility index (Phi) is 3.31. The highest BCUT2D eigenvalue weighted by atomic mass is 35.5. The number of alkyl halides is 3. The summed E-state index contributed by atoms with van der Waals surface area (Å²) in [6, 6.07) is 1.38. The van der Waals surface area contributed by atoms with E-state index in [0.717, 1.165) is 6.92 Å². The minimum Gasteiger partial charge on any atom is -0.294 e. The maximum absolute atomic E-state index is 12.3. The van der Waals surface area contributed by atoms with Crippen molar-refractivity contribution in [3.8, 4) is 0 Å². The number of halogens is 5. The Morgan fingerprint density at radius 1 is 1.27 bits per heavy atom. The Hall–Kier alpha value is -0.740. The van der Waals surface area contributed by atoms with Crippen LogP contribution in [0.4, 0.5) is 13.2 Å². The van der Waals surface area contributed by atoms with Crippen LogP contribution in [0.3, 0.4) is 0 Å². The van der Waals surface area contributed by atoms with Crippen molar-refractivity contribution >= 4 is 29.0 Å². The zero-order valence-corrected chi connectivity index (χ0v) is 8.96. The molecule has 1 nitrogen and oxygen atoms in total. The van der Waals surface area contributed by atoms with Crippen LogP contribution >= 0.6 is 23.2 Å². The highest BCUT2D eigenvalue weighted by Crippen LogP contribution is 2.36. The van der Waals surface area contributed by atoms with E-state index in [1.807, 2.05) is 0 Å². The van der Waals surface area contributed by atoms with Gasteiger partial charge in [-0.25, -0.2) is 0 Å². The Balaban J connectivity index is 3.43. The van der Waals surface area contributed by atoms with E-state index in [0.29, 0.717) is 12.1 Å². The third-order valence-electron chi connectivity index (χ3n) is 1.73. The number of carbonyl (C=O) groups is 1. The molecule has 0 aromatic heterocycles. The molecule has 0 atom stereocenters. The molecule has 1 rings (SSSR count). The second-order valence-corrected chi connectivity index (χ2v) is 3.66. The molecule has 0 amide bonds. The fraction of sp³-hybridized carbons (Fsp3) is 0.222. The number of carbonyl (C=O) groups excluding carboxylic acids is 1. The molecule has 0 unspecified atom stereocenters. The number of ketones is 1. The summed E-state index contributed by atoms with van der Waals surface area (Å²) in [5.74, 6) is -0.562. The predicted octanol–water partition coefficient (Wildman–Crippen LogP) is 4.21. The summed E-state index contributed by atoms with van der Waals surface area (Å²) < 4.78 is 37.0. The number of hydrogen-bond acceptors (Lipinski definition) is 1. The van der Waals surface area contributed by atoms with E-state index in [9.17, 15) is 18.0 Å². The van der Waals surface area contributed by atoms with Crippen molar-refractivity contribution in [3.05, 3.63) is 33.3 Å². The van der Waals surface area contributed by atoms with Crippen LogP contribution in [0, 0.1) is 0 Å². The SMILES string of the molecule is CC(=O)c1cc(C(F)(F)F)cc(Cl)c1Cl. The molecule has 0 aliphatic carbocycles. The standard InChI is InChI=1S/C9H5Cl2F3O/c1-4(15)6-2-5(9(12,13)14)3-7(10)8(6)11/h2-3H,1H3. The fourth-order valence-electron chi connectivity index (χ4n) is 1.01. The Labute approximate surface area is 93.8 Å². The Morgan fingerprint density at radius 3 is 2.20 bits per heavy atom. The smallest absolute Gasteiger partial charge is 0.294 e. The molecule has 0 radical (unpaired) electrons. The molecule has 0 aliphatic rings. The quantitative estimate of drug-likeness (QED) is 0.688. The lowest BCUT2D eigenvalue weighted by atomic mass is 10.1. The molecule has 82 valence electrons. The van der Waals surface area contributed by atoms with Gasteiger partial charge in [0.2, 0.25) is 0 Å². The summed E-state index contributed by atoms with van der Waals surface area (Å²) in [7, 11) is 0. The van der Waals surface area contributed by atoms with Crippen LogP contribution in [0.5, 0.6) is 0 Å². The fourth-order valence-corrected chi connectivity index (χ4v) is 1.47. The van der Waals surface area contributed by atoms with Crippen LogP contribution in [0.1, 0.15) is 22.8 Å². The molecule has 15 heavy (non-hydrogen) atoms. The van der Waals surface area contributed by atoms with Crippen molar-refractivity contribution in [1.29, 1.82) is 0 Å². The summed E-state index contributed by atoms with van der Waals surface area (Å²) in [5, 5.41) is -0.436. The van der Waals surface area contributed by atoms with Crippen LogP contribution < -0.4 is 0 Å². The molecule has 0 spiro atoms. The topological polar surface area (TPSA) is 17.1 Å². The van der Waals surface area contributed by atoms with Gasteiger partial charge in [0.05, 0.1) is 15.6 Å². The van der Waals surface area contributed by atoms with E-state index in [1.165, 1.54) is 0 Å². The largest absolute Gasteiger partial charge is 0.416 e. The van der Waals surface area contributed by atoms with Gasteiger partial charge in [0.15, 0.2) is 5.78 Å². The van der Waals surface area contributed by atoms with Crippen LogP contribution in [0.25, 0.3) is 0 Å². The summed E-state index contributed by atoms with van der Waals surface area (Å²) in [4.78, 5) is 11.0. The third kappa shape index (κ3) is 2.63. The Bertz CT molecular complexity index is 413. The van der Waals surface area contributed by atoms with Gasteiger partial charge in [-0.2, -0.15) is 13.2 Å². The van der Waals surface area contributed by atoms with E-state index >= 15 is 0 Å². The van der Waals surface area contributed by atoms with Gasteiger partial charge in [-0.3, -0.25) is 4.79 Å². The normalized spacial score (nSPS) is 11.6. The highest BCUT2D eigenvalue weighted by Gasteiger charge is 2.32. The predicted molar refractivity (Wildman–Crippen MR) is 51.5 cm³/mol. The molecule has 0 saturated heterocycles. The van der Waals surface area contributed by atoms with E-state index < -0.39 is 17.5 Å². The molecule has 1 aromatic carbocycles. The molecule has 0 fully saturated rings. The van der Waals surface area contributed by atoms with E-state index in [1.54, 1.807) is 0 Å². The molecule has 0 aliphatic heterocycles. The van der Waals surface area contributed by atoms with Gasteiger partial charge >= 0.3 is 6.18 Å². The summed E-state index contributed by atoms with van der Waals surface area (Å²) in [6.07, 6.45) is -4.54. The van der Waals surface area contributed by atoms with Gasteiger partial charge in [-0.05, 0) is 19.1 Å². The zero-order chi connectivity index (χ0) is 11.8. The van der Waals surface area contributed by atoms with Crippen molar-refractivity contribution in [2.45, 2.75) is 13.1 Å². The molecular weight excluding hydrogens is 252 g/mol. The van der Waals surface area contributed by atoms with Crippen molar-refractivity contribution in [3.63, 3.8) is 0 Å². The monoisotopic (exact) mass is 256 g/mol. The summed E-state index contributed by atoms with van der Waals surface area (Å²) >= 11 is 11.1. The van der Waals surface area contributed by atoms with Gasteiger partial charge in [-0.1, -0.05) is 23.2 Å². The first-order valence-corrected chi connectivity index (χ1v) is 4.56. The van der Waals surface area contributed by atoms with Crippen molar-refractivity contribution in [2.24, 2.45) is 0 Å². The maximum Gasteiger partial charge on any atom is 0.416 e. The highest BCUT2D eigenvalue weighted by molar-refractivity contribution is 6.43. The van der Waals surface area contributed by atoms with Crippen LogP contribution in [-0.4, -0.2) is 5.78 Å². The number of hydrogen-bond donors (Lipinski definition) is 0. The first-order chi connectivity index (χ1) is 6.73. The van der Waals surface area contributed by atoms with E-state index in [-0.39, 0.29) is 15.6 Å². The summed E-state index contributed by atoms with van der Waals surface area (Å²) in [6.45, 7) is 1.12. The van der Waals surface area contributed by atoms with Gasteiger partial charge in [0, 0.05) is 5.56 Å². The molecule has 0 heterocycles. The second kappa shape index (κ2) is 4.02. The van der Waals surface area contributed by atoms with Gasteiger partial charge in [-0.15, -0.1) is 0 Å². The number of benzene rings is 1. The zero-order valence-electron chi connectivity index (χ0n) is 7.45.